The topological polar surface area (TPSA) is 93.4 Å². The summed E-state index contributed by atoms with van der Waals surface area (Å²) < 4.78 is 1.90. The summed E-state index contributed by atoms with van der Waals surface area (Å²) >= 11 is 0. The first kappa shape index (κ1) is 14.4. The van der Waals surface area contributed by atoms with E-state index in [1.54, 1.807) is 12.4 Å². The van der Waals surface area contributed by atoms with Crippen LogP contribution in [-0.4, -0.2) is 19.7 Å². The average Bonchev–Trinajstić information content (AvgIpc) is 3.37. The standard InChI is InChI=1S/C18H16N6/c1-24-17(11-4-5-11)15(10-22-24)13-7-16(12-3-2-6-21-9-12)23-18(20)14(13)8-19/h2-3,6-7,9-11H,4-5H2,1H3,(H2,20,23). The van der Waals surface area contributed by atoms with E-state index in [1.807, 2.05) is 36.1 Å². The molecule has 4 rings (SSSR count). The number of nitrogen functional groups attached to an aromatic ring is 1. The molecule has 3 heterocycles. The van der Waals surface area contributed by atoms with E-state index in [4.69, 9.17) is 5.73 Å². The largest absolute Gasteiger partial charge is 0.383 e. The molecule has 2 N–H and O–H groups in total. The van der Waals surface area contributed by atoms with Crippen LogP contribution in [0.25, 0.3) is 22.4 Å². The normalized spacial score (nSPS) is 13.7. The van der Waals surface area contributed by atoms with Crippen molar-refractivity contribution in [1.82, 2.24) is 19.7 Å². The van der Waals surface area contributed by atoms with E-state index in [2.05, 4.69) is 21.1 Å². The van der Waals surface area contributed by atoms with Gasteiger partial charge in [0.25, 0.3) is 0 Å². The molecule has 0 amide bonds. The maximum absolute atomic E-state index is 9.56. The molecule has 6 nitrogen and oxygen atoms in total. The van der Waals surface area contributed by atoms with Gasteiger partial charge in [-0.1, -0.05) is 0 Å². The van der Waals surface area contributed by atoms with Crippen molar-refractivity contribution in [2.45, 2.75) is 18.8 Å². The van der Waals surface area contributed by atoms with E-state index in [-0.39, 0.29) is 5.82 Å². The second-order valence-electron chi connectivity index (χ2n) is 6.01. The van der Waals surface area contributed by atoms with Gasteiger partial charge in [0.1, 0.15) is 17.5 Å². The van der Waals surface area contributed by atoms with E-state index < -0.39 is 0 Å². The lowest BCUT2D eigenvalue weighted by Gasteiger charge is -2.11. The van der Waals surface area contributed by atoms with Crippen molar-refractivity contribution in [2.75, 3.05) is 5.73 Å². The van der Waals surface area contributed by atoms with E-state index in [0.29, 0.717) is 17.2 Å². The Kier molecular flexibility index (Phi) is 3.28. The van der Waals surface area contributed by atoms with Crippen molar-refractivity contribution in [1.29, 1.82) is 5.26 Å². The third kappa shape index (κ3) is 2.31. The molecule has 1 aliphatic carbocycles. The SMILES string of the molecule is Cn1ncc(-c2cc(-c3cccnc3)nc(N)c2C#N)c1C1CC1. The van der Waals surface area contributed by atoms with Crippen LogP contribution in [0, 0.1) is 11.3 Å². The van der Waals surface area contributed by atoms with Gasteiger partial charge in [-0.05, 0) is 31.0 Å². The van der Waals surface area contributed by atoms with Gasteiger partial charge in [0.15, 0.2) is 0 Å². The van der Waals surface area contributed by atoms with Crippen molar-refractivity contribution in [2.24, 2.45) is 7.05 Å². The minimum Gasteiger partial charge on any atom is -0.383 e. The van der Waals surface area contributed by atoms with Gasteiger partial charge >= 0.3 is 0 Å². The number of nitrogens with two attached hydrogens (primary N) is 1. The number of hydrogen-bond donors (Lipinski definition) is 1. The van der Waals surface area contributed by atoms with Crippen LogP contribution in [0.3, 0.4) is 0 Å². The number of rotatable bonds is 3. The van der Waals surface area contributed by atoms with Crippen molar-refractivity contribution >= 4 is 5.82 Å². The number of aromatic nitrogens is 4. The van der Waals surface area contributed by atoms with E-state index >= 15 is 0 Å². The highest BCUT2D eigenvalue weighted by Gasteiger charge is 2.31. The Morgan fingerprint density at radius 3 is 2.79 bits per heavy atom. The summed E-state index contributed by atoms with van der Waals surface area (Å²) in [5.41, 5.74) is 11.0. The first-order valence-corrected chi connectivity index (χ1v) is 7.82. The third-order valence-corrected chi connectivity index (χ3v) is 4.36. The molecule has 0 radical (unpaired) electrons. The number of nitrogens with zero attached hydrogens (tertiary/aromatic N) is 5. The zero-order valence-electron chi connectivity index (χ0n) is 13.3. The average molecular weight is 316 g/mol. The quantitative estimate of drug-likeness (QED) is 0.802. The highest BCUT2D eigenvalue weighted by molar-refractivity contribution is 5.81. The van der Waals surface area contributed by atoms with Crippen LogP contribution >= 0.6 is 0 Å². The minimum atomic E-state index is 0.236. The molecule has 6 heteroatoms. The zero-order chi connectivity index (χ0) is 16.7. The maximum Gasteiger partial charge on any atom is 0.142 e. The fourth-order valence-corrected chi connectivity index (χ4v) is 3.05. The first-order chi connectivity index (χ1) is 11.7. The summed E-state index contributed by atoms with van der Waals surface area (Å²) in [6.07, 6.45) is 7.58. The lowest BCUT2D eigenvalue weighted by Crippen LogP contribution is -2.02. The Morgan fingerprint density at radius 1 is 1.29 bits per heavy atom. The second kappa shape index (κ2) is 5.46. The Hall–Kier alpha value is -3.20. The van der Waals surface area contributed by atoms with Crippen LogP contribution in [0.1, 0.15) is 30.0 Å². The lowest BCUT2D eigenvalue weighted by molar-refractivity contribution is 0.714. The number of hydrogen-bond acceptors (Lipinski definition) is 5. The maximum atomic E-state index is 9.56. The predicted octanol–water partition coefficient (Wildman–Crippen LogP) is 2.88. The zero-order valence-corrected chi connectivity index (χ0v) is 13.3. The fourth-order valence-electron chi connectivity index (χ4n) is 3.05. The highest BCUT2D eigenvalue weighted by atomic mass is 15.3. The lowest BCUT2D eigenvalue weighted by atomic mass is 9.98. The van der Waals surface area contributed by atoms with Gasteiger partial charge in [0.05, 0.1) is 11.9 Å². The van der Waals surface area contributed by atoms with Crippen LogP contribution in [-0.2, 0) is 7.05 Å². The predicted molar refractivity (Wildman–Crippen MR) is 90.8 cm³/mol. The molecule has 3 aromatic rings. The Balaban J connectivity index is 1.95. The summed E-state index contributed by atoms with van der Waals surface area (Å²) in [4.78, 5) is 8.52. The second-order valence-corrected chi connectivity index (χ2v) is 6.01. The van der Waals surface area contributed by atoms with Gasteiger partial charge in [-0.15, -0.1) is 0 Å². The molecule has 1 fully saturated rings. The van der Waals surface area contributed by atoms with Crippen molar-refractivity contribution in [3.8, 4) is 28.5 Å². The van der Waals surface area contributed by atoms with Crippen molar-refractivity contribution in [3.05, 3.63) is 48.0 Å². The van der Waals surface area contributed by atoms with Gasteiger partial charge in [0, 0.05) is 47.7 Å². The van der Waals surface area contributed by atoms with Crippen LogP contribution in [0.5, 0.6) is 0 Å². The number of pyridine rings is 2. The molecule has 0 bridgehead atoms. The number of aryl methyl sites for hydroxylation is 1. The molecule has 118 valence electrons. The van der Waals surface area contributed by atoms with Crippen molar-refractivity contribution in [3.63, 3.8) is 0 Å². The Morgan fingerprint density at radius 2 is 2.12 bits per heavy atom. The van der Waals surface area contributed by atoms with E-state index in [0.717, 1.165) is 35.2 Å². The molecular weight excluding hydrogens is 300 g/mol. The van der Waals surface area contributed by atoms with Crippen LogP contribution < -0.4 is 5.73 Å². The molecule has 0 aliphatic heterocycles. The van der Waals surface area contributed by atoms with Gasteiger partial charge in [0.2, 0.25) is 0 Å². The monoisotopic (exact) mass is 316 g/mol. The van der Waals surface area contributed by atoms with Crippen molar-refractivity contribution < 1.29 is 0 Å². The van der Waals surface area contributed by atoms with Crippen LogP contribution in [0.4, 0.5) is 5.82 Å². The summed E-state index contributed by atoms with van der Waals surface area (Å²) in [6, 6.07) is 7.89. The van der Waals surface area contributed by atoms with Gasteiger partial charge in [-0.2, -0.15) is 10.4 Å². The Bertz CT molecular complexity index is 948. The summed E-state index contributed by atoms with van der Waals surface area (Å²) in [6.45, 7) is 0. The third-order valence-electron chi connectivity index (χ3n) is 4.36. The number of anilines is 1. The highest BCUT2D eigenvalue weighted by Crippen LogP contribution is 2.45. The molecule has 0 spiro atoms. The molecule has 3 aromatic heterocycles. The fraction of sp³-hybridized carbons (Fsp3) is 0.222. The van der Waals surface area contributed by atoms with Gasteiger partial charge in [-0.3, -0.25) is 9.67 Å². The summed E-state index contributed by atoms with van der Waals surface area (Å²) in [5, 5.41) is 14.0. The molecule has 0 atom stereocenters. The van der Waals surface area contributed by atoms with E-state index in [1.165, 1.54) is 0 Å². The summed E-state index contributed by atoms with van der Waals surface area (Å²) in [5.74, 6) is 0.745. The molecule has 1 saturated carbocycles. The molecular formula is C18H16N6. The van der Waals surface area contributed by atoms with E-state index in [9.17, 15) is 5.26 Å². The summed E-state index contributed by atoms with van der Waals surface area (Å²) in [7, 11) is 1.94. The smallest absolute Gasteiger partial charge is 0.142 e. The molecule has 24 heavy (non-hydrogen) atoms. The molecule has 0 saturated heterocycles. The molecule has 0 unspecified atom stereocenters. The molecule has 1 aliphatic rings. The first-order valence-electron chi connectivity index (χ1n) is 7.82. The minimum absolute atomic E-state index is 0.236. The van der Waals surface area contributed by atoms with Crippen LogP contribution in [0.15, 0.2) is 36.8 Å². The molecule has 0 aromatic carbocycles. The van der Waals surface area contributed by atoms with Gasteiger partial charge < -0.3 is 5.73 Å². The van der Waals surface area contributed by atoms with Gasteiger partial charge in [-0.25, -0.2) is 4.98 Å². The van der Waals surface area contributed by atoms with Crippen LogP contribution in [0.2, 0.25) is 0 Å². The number of nitriles is 1. The Labute approximate surface area is 139 Å².